The van der Waals surface area contributed by atoms with Gasteiger partial charge in [-0.3, -0.25) is 9.67 Å². The van der Waals surface area contributed by atoms with Gasteiger partial charge in [0.15, 0.2) is 0 Å². The highest BCUT2D eigenvalue weighted by molar-refractivity contribution is 5.35. The van der Waals surface area contributed by atoms with Gasteiger partial charge in [0.1, 0.15) is 11.4 Å². The maximum Gasteiger partial charge on any atom is 0.142 e. The Morgan fingerprint density at radius 2 is 2.29 bits per heavy atom. The van der Waals surface area contributed by atoms with Crippen LogP contribution < -0.4 is 10.1 Å². The molecule has 0 amide bonds. The molecule has 2 rings (SSSR count). The lowest BCUT2D eigenvalue weighted by Crippen LogP contribution is -2.19. The zero-order chi connectivity index (χ0) is 12.3. The normalized spacial score (nSPS) is 12.4. The van der Waals surface area contributed by atoms with Gasteiger partial charge in [0.2, 0.25) is 0 Å². The monoisotopic (exact) mass is 232 g/mol. The largest absolute Gasteiger partial charge is 0.495 e. The first-order valence-electron chi connectivity index (χ1n) is 5.41. The predicted molar refractivity (Wildman–Crippen MR) is 64.9 cm³/mol. The number of hydrogen-bond acceptors (Lipinski definition) is 4. The number of aromatic nitrogens is 3. The first kappa shape index (κ1) is 11.6. The SMILES string of the molecule is CNC(c1cnn(C)c1)c1ncccc1OC. The standard InChI is InChI=1S/C12H16N4O/c1-13-11(9-7-15-16(2)8-9)12-10(17-3)5-4-6-14-12/h4-8,11,13H,1-3H3. The summed E-state index contributed by atoms with van der Waals surface area (Å²) in [6, 6.07) is 3.75. The first-order valence-corrected chi connectivity index (χ1v) is 5.41. The van der Waals surface area contributed by atoms with Crippen LogP contribution in [0.15, 0.2) is 30.7 Å². The first-order chi connectivity index (χ1) is 8.26. The van der Waals surface area contributed by atoms with E-state index in [0.29, 0.717) is 0 Å². The van der Waals surface area contributed by atoms with Crippen molar-refractivity contribution >= 4 is 0 Å². The Morgan fingerprint density at radius 3 is 2.88 bits per heavy atom. The maximum absolute atomic E-state index is 5.33. The van der Waals surface area contributed by atoms with Gasteiger partial charge in [0, 0.05) is 25.0 Å². The average Bonchev–Trinajstić information content (AvgIpc) is 2.77. The lowest BCUT2D eigenvalue weighted by molar-refractivity contribution is 0.401. The number of nitrogens with one attached hydrogen (secondary N) is 1. The Morgan fingerprint density at radius 1 is 1.47 bits per heavy atom. The molecule has 0 aromatic carbocycles. The summed E-state index contributed by atoms with van der Waals surface area (Å²) in [5.41, 5.74) is 1.93. The van der Waals surface area contributed by atoms with Crippen molar-refractivity contribution in [1.82, 2.24) is 20.1 Å². The fraction of sp³-hybridized carbons (Fsp3) is 0.333. The molecule has 1 unspecified atom stereocenters. The minimum absolute atomic E-state index is 0.0140. The smallest absolute Gasteiger partial charge is 0.142 e. The fourth-order valence-corrected chi connectivity index (χ4v) is 1.84. The molecule has 1 N–H and O–H groups in total. The summed E-state index contributed by atoms with van der Waals surface area (Å²) in [5, 5.41) is 7.40. The van der Waals surface area contributed by atoms with Gasteiger partial charge in [-0.05, 0) is 19.2 Å². The van der Waals surface area contributed by atoms with E-state index in [1.54, 1.807) is 18.0 Å². The van der Waals surface area contributed by atoms with Crippen molar-refractivity contribution in [2.75, 3.05) is 14.2 Å². The predicted octanol–water partition coefficient (Wildman–Crippen LogP) is 1.13. The van der Waals surface area contributed by atoms with Crippen molar-refractivity contribution in [3.8, 4) is 5.75 Å². The third-order valence-corrected chi connectivity index (χ3v) is 2.64. The lowest BCUT2D eigenvalue weighted by atomic mass is 10.1. The number of hydrogen-bond donors (Lipinski definition) is 1. The third-order valence-electron chi connectivity index (χ3n) is 2.64. The number of aryl methyl sites for hydroxylation is 1. The summed E-state index contributed by atoms with van der Waals surface area (Å²) in [6.45, 7) is 0. The molecule has 0 aliphatic rings. The Kier molecular flexibility index (Phi) is 3.39. The van der Waals surface area contributed by atoms with E-state index in [2.05, 4.69) is 15.4 Å². The lowest BCUT2D eigenvalue weighted by Gasteiger charge is -2.16. The van der Waals surface area contributed by atoms with Crippen LogP contribution >= 0.6 is 0 Å². The molecule has 5 heteroatoms. The molecule has 0 bridgehead atoms. The molecule has 0 fully saturated rings. The zero-order valence-electron chi connectivity index (χ0n) is 10.2. The number of nitrogens with zero attached hydrogens (tertiary/aromatic N) is 3. The van der Waals surface area contributed by atoms with Gasteiger partial charge in [0.25, 0.3) is 0 Å². The van der Waals surface area contributed by atoms with Crippen molar-refractivity contribution < 1.29 is 4.74 Å². The van der Waals surface area contributed by atoms with E-state index < -0.39 is 0 Å². The summed E-state index contributed by atoms with van der Waals surface area (Å²) >= 11 is 0. The minimum atomic E-state index is -0.0140. The van der Waals surface area contributed by atoms with Crippen LogP contribution in [0.25, 0.3) is 0 Å². The van der Waals surface area contributed by atoms with Crippen LogP contribution in [0.1, 0.15) is 17.3 Å². The number of ether oxygens (including phenoxy) is 1. The van der Waals surface area contributed by atoms with E-state index >= 15 is 0 Å². The second-order valence-corrected chi connectivity index (χ2v) is 3.76. The van der Waals surface area contributed by atoms with Crippen LogP contribution in [0, 0.1) is 0 Å². The second-order valence-electron chi connectivity index (χ2n) is 3.76. The molecule has 5 nitrogen and oxygen atoms in total. The summed E-state index contributed by atoms with van der Waals surface area (Å²) in [7, 11) is 5.44. The van der Waals surface area contributed by atoms with Crippen molar-refractivity contribution in [2.24, 2.45) is 7.05 Å². The highest BCUT2D eigenvalue weighted by atomic mass is 16.5. The second kappa shape index (κ2) is 4.97. The van der Waals surface area contributed by atoms with Crippen LogP contribution in [0.3, 0.4) is 0 Å². The summed E-state index contributed by atoms with van der Waals surface area (Å²) < 4.78 is 7.10. The molecule has 0 radical (unpaired) electrons. The van der Waals surface area contributed by atoms with Crippen molar-refractivity contribution in [3.63, 3.8) is 0 Å². The molecular formula is C12H16N4O. The van der Waals surface area contributed by atoms with E-state index in [-0.39, 0.29) is 6.04 Å². The van der Waals surface area contributed by atoms with E-state index in [9.17, 15) is 0 Å². The van der Waals surface area contributed by atoms with Crippen molar-refractivity contribution in [3.05, 3.63) is 42.0 Å². The van der Waals surface area contributed by atoms with Crippen LogP contribution in [0.5, 0.6) is 5.75 Å². The summed E-state index contributed by atoms with van der Waals surface area (Å²) in [6.07, 6.45) is 5.56. The average molecular weight is 232 g/mol. The molecule has 17 heavy (non-hydrogen) atoms. The van der Waals surface area contributed by atoms with Gasteiger partial charge in [-0.15, -0.1) is 0 Å². The highest BCUT2D eigenvalue weighted by Crippen LogP contribution is 2.26. The molecule has 2 heterocycles. The van der Waals surface area contributed by atoms with Gasteiger partial charge in [-0.2, -0.15) is 5.10 Å². The van der Waals surface area contributed by atoms with Gasteiger partial charge in [-0.1, -0.05) is 0 Å². The number of rotatable bonds is 4. The fourth-order valence-electron chi connectivity index (χ4n) is 1.84. The molecule has 0 saturated heterocycles. The molecule has 2 aromatic heterocycles. The van der Waals surface area contributed by atoms with Crippen LogP contribution in [0.2, 0.25) is 0 Å². The van der Waals surface area contributed by atoms with Crippen LogP contribution in [0.4, 0.5) is 0 Å². The molecule has 0 aliphatic carbocycles. The minimum Gasteiger partial charge on any atom is -0.495 e. The molecule has 90 valence electrons. The quantitative estimate of drug-likeness (QED) is 0.858. The molecular weight excluding hydrogens is 216 g/mol. The summed E-state index contributed by atoms with van der Waals surface area (Å²) in [4.78, 5) is 4.38. The topological polar surface area (TPSA) is 52.0 Å². The van der Waals surface area contributed by atoms with Crippen molar-refractivity contribution in [2.45, 2.75) is 6.04 Å². The van der Waals surface area contributed by atoms with Crippen LogP contribution in [-0.2, 0) is 7.05 Å². The van der Waals surface area contributed by atoms with E-state index in [4.69, 9.17) is 4.74 Å². The Hall–Kier alpha value is -1.88. The zero-order valence-corrected chi connectivity index (χ0v) is 10.2. The summed E-state index contributed by atoms with van der Waals surface area (Å²) in [5.74, 6) is 0.774. The Labute approximate surface area is 100 Å². The third kappa shape index (κ3) is 2.29. The molecule has 0 spiro atoms. The van der Waals surface area contributed by atoms with Gasteiger partial charge in [0.05, 0.1) is 19.3 Å². The van der Waals surface area contributed by atoms with Crippen LogP contribution in [-0.4, -0.2) is 28.9 Å². The number of pyridine rings is 1. The van der Waals surface area contributed by atoms with E-state index in [1.807, 2.05) is 38.6 Å². The van der Waals surface area contributed by atoms with Gasteiger partial charge < -0.3 is 10.1 Å². The molecule has 0 saturated carbocycles. The molecule has 1 atom stereocenters. The Bertz CT molecular complexity index is 495. The Balaban J connectivity index is 2.41. The van der Waals surface area contributed by atoms with Crippen molar-refractivity contribution in [1.29, 1.82) is 0 Å². The van der Waals surface area contributed by atoms with Gasteiger partial charge >= 0.3 is 0 Å². The van der Waals surface area contributed by atoms with E-state index in [1.165, 1.54) is 0 Å². The highest BCUT2D eigenvalue weighted by Gasteiger charge is 2.18. The molecule has 0 aliphatic heterocycles. The number of methoxy groups -OCH3 is 1. The van der Waals surface area contributed by atoms with E-state index in [0.717, 1.165) is 17.0 Å². The molecule has 2 aromatic rings. The maximum atomic E-state index is 5.33. The van der Waals surface area contributed by atoms with Gasteiger partial charge in [-0.25, -0.2) is 0 Å².